The van der Waals surface area contributed by atoms with E-state index in [1.54, 1.807) is 6.07 Å². The fraction of sp³-hybridized carbons (Fsp3) is 0.235. The van der Waals surface area contributed by atoms with Gasteiger partial charge in [-0.1, -0.05) is 12.1 Å². The average molecular weight is 333 g/mol. The van der Waals surface area contributed by atoms with Gasteiger partial charge in [0, 0.05) is 15.6 Å². The summed E-state index contributed by atoms with van der Waals surface area (Å²) in [5.74, 6) is 0.777. The van der Waals surface area contributed by atoms with Crippen molar-refractivity contribution in [1.29, 1.82) is 0 Å². The standard InChI is InChI=1S/C17H17BrO2/c1-4-20-14-7-8-15(16(18)10-14)17(19)13-6-5-11(2)12(3)9-13/h5-10H,4H2,1-3H3. The van der Waals surface area contributed by atoms with Crippen molar-refractivity contribution >= 4 is 21.7 Å². The SMILES string of the molecule is CCOc1ccc(C(=O)c2ccc(C)c(C)c2)c(Br)c1. The maximum Gasteiger partial charge on any atom is 0.194 e. The van der Waals surface area contributed by atoms with Crippen molar-refractivity contribution in [3.63, 3.8) is 0 Å². The molecule has 0 aliphatic rings. The Hall–Kier alpha value is -1.61. The van der Waals surface area contributed by atoms with Crippen molar-refractivity contribution in [3.05, 3.63) is 63.1 Å². The molecule has 0 bridgehead atoms. The molecule has 0 aliphatic heterocycles. The monoisotopic (exact) mass is 332 g/mol. The number of hydrogen-bond acceptors (Lipinski definition) is 2. The van der Waals surface area contributed by atoms with Gasteiger partial charge in [0.25, 0.3) is 0 Å². The van der Waals surface area contributed by atoms with Crippen molar-refractivity contribution < 1.29 is 9.53 Å². The minimum Gasteiger partial charge on any atom is -0.494 e. The zero-order chi connectivity index (χ0) is 14.7. The van der Waals surface area contributed by atoms with Gasteiger partial charge in [-0.25, -0.2) is 0 Å². The Bertz CT molecular complexity index is 647. The molecule has 0 atom stereocenters. The molecule has 0 N–H and O–H groups in total. The molecule has 0 saturated carbocycles. The van der Waals surface area contributed by atoms with Crippen LogP contribution in [0.2, 0.25) is 0 Å². The van der Waals surface area contributed by atoms with Gasteiger partial charge in [0.15, 0.2) is 5.78 Å². The summed E-state index contributed by atoms with van der Waals surface area (Å²) >= 11 is 3.45. The molecular formula is C17H17BrO2. The fourth-order valence-corrected chi connectivity index (χ4v) is 2.51. The number of carbonyl (C=O) groups is 1. The van der Waals surface area contributed by atoms with Gasteiger partial charge in [0.2, 0.25) is 0 Å². The second kappa shape index (κ2) is 6.23. The van der Waals surface area contributed by atoms with Crippen LogP contribution in [-0.4, -0.2) is 12.4 Å². The Labute approximate surface area is 127 Å². The van der Waals surface area contributed by atoms with E-state index in [9.17, 15) is 4.79 Å². The normalized spacial score (nSPS) is 10.4. The largest absolute Gasteiger partial charge is 0.494 e. The van der Waals surface area contributed by atoms with Crippen LogP contribution in [0.25, 0.3) is 0 Å². The van der Waals surface area contributed by atoms with Gasteiger partial charge in [-0.05, 0) is 72.1 Å². The molecule has 0 heterocycles. The summed E-state index contributed by atoms with van der Waals surface area (Å²) in [4.78, 5) is 12.5. The van der Waals surface area contributed by atoms with Crippen LogP contribution in [0.15, 0.2) is 40.9 Å². The molecule has 104 valence electrons. The number of hydrogen-bond donors (Lipinski definition) is 0. The number of rotatable bonds is 4. The summed E-state index contributed by atoms with van der Waals surface area (Å²) in [5.41, 5.74) is 3.67. The van der Waals surface area contributed by atoms with Gasteiger partial charge in [0.05, 0.1) is 6.61 Å². The van der Waals surface area contributed by atoms with Crippen LogP contribution in [0.3, 0.4) is 0 Å². The summed E-state index contributed by atoms with van der Waals surface area (Å²) < 4.78 is 6.18. The number of halogens is 1. The van der Waals surface area contributed by atoms with Crippen LogP contribution < -0.4 is 4.74 Å². The number of benzene rings is 2. The third kappa shape index (κ3) is 3.10. The summed E-state index contributed by atoms with van der Waals surface area (Å²) in [7, 11) is 0. The van der Waals surface area contributed by atoms with Gasteiger partial charge >= 0.3 is 0 Å². The number of aryl methyl sites for hydroxylation is 2. The summed E-state index contributed by atoms with van der Waals surface area (Å²) in [6.07, 6.45) is 0. The molecule has 0 aromatic heterocycles. The van der Waals surface area contributed by atoms with E-state index in [2.05, 4.69) is 15.9 Å². The highest BCUT2D eigenvalue weighted by atomic mass is 79.9. The van der Waals surface area contributed by atoms with Crippen LogP contribution >= 0.6 is 15.9 Å². The van der Waals surface area contributed by atoms with Gasteiger partial charge in [-0.15, -0.1) is 0 Å². The van der Waals surface area contributed by atoms with E-state index >= 15 is 0 Å². The molecule has 20 heavy (non-hydrogen) atoms. The maximum atomic E-state index is 12.5. The lowest BCUT2D eigenvalue weighted by molar-refractivity contribution is 0.103. The van der Waals surface area contributed by atoms with Gasteiger partial charge in [-0.3, -0.25) is 4.79 Å². The predicted octanol–water partition coefficient (Wildman–Crippen LogP) is 4.70. The lowest BCUT2D eigenvalue weighted by Gasteiger charge is -2.09. The third-order valence-electron chi connectivity index (χ3n) is 3.27. The van der Waals surface area contributed by atoms with Crippen molar-refractivity contribution in [3.8, 4) is 5.75 Å². The summed E-state index contributed by atoms with van der Waals surface area (Å²) in [5, 5.41) is 0. The molecule has 0 saturated heterocycles. The Morgan fingerprint density at radius 3 is 2.45 bits per heavy atom. The van der Waals surface area contributed by atoms with Gasteiger partial charge < -0.3 is 4.74 Å². The van der Waals surface area contributed by atoms with E-state index in [4.69, 9.17) is 4.74 Å². The minimum atomic E-state index is 0.0167. The van der Waals surface area contributed by atoms with Crippen LogP contribution in [0.1, 0.15) is 34.0 Å². The lowest BCUT2D eigenvalue weighted by Crippen LogP contribution is -2.03. The highest BCUT2D eigenvalue weighted by molar-refractivity contribution is 9.10. The maximum absolute atomic E-state index is 12.5. The van der Waals surface area contributed by atoms with Crippen molar-refractivity contribution in [1.82, 2.24) is 0 Å². The van der Waals surface area contributed by atoms with Crippen LogP contribution in [0.4, 0.5) is 0 Å². The first-order chi connectivity index (χ1) is 9.52. The van der Waals surface area contributed by atoms with E-state index < -0.39 is 0 Å². The first-order valence-corrected chi connectivity index (χ1v) is 7.36. The number of ether oxygens (including phenoxy) is 1. The Morgan fingerprint density at radius 2 is 1.85 bits per heavy atom. The molecule has 0 fully saturated rings. The molecule has 0 amide bonds. The van der Waals surface area contributed by atoms with Crippen LogP contribution in [0.5, 0.6) is 5.75 Å². The average Bonchev–Trinajstić information content (AvgIpc) is 2.42. The predicted molar refractivity (Wildman–Crippen MR) is 84.7 cm³/mol. The molecular weight excluding hydrogens is 316 g/mol. The van der Waals surface area contributed by atoms with E-state index in [0.29, 0.717) is 17.7 Å². The molecule has 2 nitrogen and oxygen atoms in total. The van der Waals surface area contributed by atoms with E-state index in [0.717, 1.165) is 15.8 Å². The highest BCUT2D eigenvalue weighted by Crippen LogP contribution is 2.26. The quantitative estimate of drug-likeness (QED) is 0.759. The Morgan fingerprint density at radius 1 is 1.10 bits per heavy atom. The molecule has 2 aromatic rings. The second-order valence-corrected chi connectivity index (χ2v) is 5.56. The van der Waals surface area contributed by atoms with Crippen molar-refractivity contribution in [2.45, 2.75) is 20.8 Å². The highest BCUT2D eigenvalue weighted by Gasteiger charge is 2.13. The fourth-order valence-electron chi connectivity index (χ4n) is 1.97. The summed E-state index contributed by atoms with van der Waals surface area (Å²) in [6.45, 7) is 6.59. The Kier molecular flexibility index (Phi) is 4.61. The Balaban J connectivity index is 2.35. The molecule has 2 rings (SSSR count). The number of ketones is 1. The molecule has 2 aromatic carbocycles. The van der Waals surface area contributed by atoms with E-state index in [-0.39, 0.29) is 5.78 Å². The van der Waals surface area contributed by atoms with Crippen molar-refractivity contribution in [2.75, 3.05) is 6.61 Å². The minimum absolute atomic E-state index is 0.0167. The number of carbonyl (C=O) groups excluding carboxylic acids is 1. The first-order valence-electron chi connectivity index (χ1n) is 6.57. The van der Waals surface area contributed by atoms with Gasteiger partial charge in [-0.2, -0.15) is 0 Å². The molecule has 0 unspecified atom stereocenters. The van der Waals surface area contributed by atoms with Gasteiger partial charge in [0.1, 0.15) is 5.75 Å². The molecule has 0 aliphatic carbocycles. The van der Waals surface area contributed by atoms with E-state index in [1.807, 2.05) is 51.1 Å². The zero-order valence-corrected chi connectivity index (χ0v) is 13.5. The lowest BCUT2D eigenvalue weighted by atomic mass is 9.99. The second-order valence-electron chi connectivity index (χ2n) is 4.70. The smallest absolute Gasteiger partial charge is 0.194 e. The topological polar surface area (TPSA) is 26.3 Å². The zero-order valence-electron chi connectivity index (χ0n) is 11.9. The molecule has 3 heteroatoms. The van der Waals surface area contributed by atoms with Crippen molar-refractivity contribution in [2.24, 2.45) is 0 Å². The third-order valence-corrected chi connectivity index (χ3v) is 3.92. The van der Waals surface area contributed by atoms with Crippen LogP contribution in [-0.2, 0) is 0 Å². The van der Waals surface area contributed by atoms with E-state index in [1.165, 1.54) is 5.56 Å². The summed E-state index contributed by atoms with van der Waals surface area (Å²) in [6, 6.07) is 11.2. The van der Waals surface area contributed by atoms with Crippen LogP contribution in [0, 0.1) is 13.8 Å². The molecule has 0 spiro atoms. The molecule has 0 radical (unpaired) electrons. The first kappa shape index (κ1) is 14.8.